The number of rotatable bonds is 5. The first kappa shape index (κ1) is 17.2. The Morgan fingerprint density at radius 3 is 2.62 bits per heavy atom. The maximum Gasteiger partial charge on any atom is 0.311 e. The molecule has 2 rings (SSSR count). The molecule has 1 atom stereocenters. The lowest BCUT2D eigenvalue weighted by Gasteiger charge is -2.13. The zero-order valence-electron chi connectivity index (χ0n) is 13.0. The van der Waals surface area contributed by atoms with Gasteiger partial charge in [0, 0.05) is 5.69 Å². The quantitative estimate of drug-likeness (QED) is 0.857. The van der Waals surface area contributed by atoms with E-state index in [0.29, 0.717) is 16.8 Å². The Hall–Kier alpha value is -3.20. The van der Waals surface area contributed by atoms with Crippen LogP contribution < -0.4 is 5.32 Å². The summed E-state index contributed by atoms with van der Waals surface area (Å²) in [7, 11) is 0. The van der Waals surface area contributed by atoms with Gasteiger partial charge in [0.05, 0.1) is 18.1 Å². The highest BCUT2D eigenvalue weighted by atomic mass is 19.1. The molecule has 6 heteroatoms. The second kappa shape index (κ2) is 7.88. The fraction of sp³-hybridized carbons (Fsp3) is 0.167. The van der Waals surface area contributed by atoms with Crippen molar-refractivity contribution >= 4 is 17.6 Å². The van der Waals surface area contributed by atoms with Crippen LogP contribution in [0.1, 0.15) is 18.1 Å². The summed E-state index contributed by atoms with van der Waals surface area (Å²) in [4.78, 5) is 23.8. The smallest absolute Gasteiger partial charge is 0.311 e. The van der Waals surface area contributed by atoms with Crippen LogP contribution in [0.4, 0.5) is 10.1 Å². The number of hydrogen-bond acceptors (Lipinski definition) is 4. The lowest BCUT2D eigenvalue weighted by Crippen LogP contribution is -2.30. The molecule has 0 aliphatic carbocycles. The SMILES string of the molecule is C[C@@H](OC(=O)Cc1ccc(F)cc1)C(=O)Nc1cccc(C#N)c1. The number of ether oxygens (including phenoxy) is 1. The molecule has 0 spiro atoms. The van der Waals surface area contributed by atoms with Crippen LogP contribution in [0, 0.1) is 17.1 Å². The first-order chi connectivity index (χ1) is 11.5. The van der Waals surface area contributed by atoms with E-state index in [0.717, 1.165) is 0 Å². The standard InChI is InChI=1S/C18H15FN2O3/c1-12(18(23)21-16-4-2-3-14(9-16)11-20)24-17(22)10-13-5-7-15(19)8-6-13/h2-9,12H,10H2,1H3,(H,21,23)/t12-/m1/s1. The van der Waals surface area contributed by atoms with Crippen molar-refractivity contribution in [2.24, 2.45) is 0 Å². The highest BCUT2D eigenvalue weighted by Crippen LogP contribution is 2.11. The Balaban J connectivity index is 1.89. The van der Waals surface area contributed by atoms with Crippen LogP contribution >= 0.6 is 0 Å². The minimum absolute atomic E-state index is 0.0538. The molecule has 0 fully saturated rings. The normalized spacial score (nSPS) is 11.2. The predicted molar refractivity (Wildman–Crippen MR) is 85.4 cm³/mol. The number of esters is 1. The van der Waals surface area contributed by atoms with Gasteiger partial charge in [0.15, 0.2) is 6.10 Å². The van der Waals surface area contributed by atoms with Gasteiger partial charge >= 0.3 is 5.97 Å². The maximum atomic E-state index is 12.8. The molecule has 122 valence electrons. The molecule has 1 N–H and O–H groups in total. The Kier molecular flexibility index (Phi) is 5.63. The van der Waals surface area contributed by atoms with E-state index in [-0.39, 0.29) is 12.2 Å². The fourth-order valence-electron chi connectivity index (χ4n) is 1.97. The molecule has 0 saturated heterocycles. The third-order valence-corrected chi connectivity index (χ3v) is 3.20. The minimum Gasteiger partial charge on any atom is -0.452 e. The van der Waals surface area contributed by atoms with Gasteiger partial charge in [-0.15, -0.1) is 0 Å². The molecule has 0 saturated carbocycles. The van der Waals surface area contributed by atoms with Crippen LogP contribution in [0.15, 0.2) is 48.5 Å². The van der Waals surface area contributed by atoms with Crippen molar-refractivity contribution in [2.45, 2.75) is 19.4 Å². The number of anilines is 1. The summed E-state index contributed by atoms with van der Waals surface area (Å²) < 4.78 is 17.9. The van der Waals surface area contributed by atoms with Crippen LogP contribution in [0.3, 0.4) is 0 Å². The number of amides is 1. The van der Waals surface area contributed by atoms with E-state index in [1.165, 1.54) is 37.3 Å². The molecule has 1 amide bonds. The van der Waals surface area contributed by atoms with Crippen molar-refractivity contribution in [1.29, 1.82) is 5.26 Å². The van der Waals surface area contributed by atoms with E-state index in [4.69, 9.17) is 10.00 Å². The van der Waals surface area contributed by atoms with Gasteiger partial charge in [0.2, 0.25) is 0 Å². The summed E-state index contributed by atoms with van der Waals surface area (Å²) in [5.74, 6) is -1.48. The molecule has 2 aromatic carbocycles. The lowest BCUT2D eigenvalue weighted by molar-refractivity contribution is -0.152. The summed E-state index contributed by atoms with van der Waals surface area (Å²) in [5, 5.41) is 11.4. The summed E-state index contributed by atoms with van der Waals surface area (Å²) in [6, 6.07) is 13.8. The summed E-state index contributed by atoms with van der Waals surface area (Å²) in [5.41, 5.74) is 1.45. The number of nitrogens with zero attached hydrogens (tertiary/aromatic N) is 1. The summed E-state index contributed by atoms with van der Waals surface area (Å²) >= 11 is 0. The highest BCUT2D eigenvalue weighted by Gasteiger charge is 2.18. The topological polar surface area (TPSA) is 79.2 Å². The molecular formula is C18H15FN2O3. The monoisotopic (exact) mass is 326 g/mol. The third-order valence-electron chi connectivity index (χ3n) is 3.20. The summed E-state index contributed by atoms with van der Waals surface area (Å²) in [6.45, 7) is 1.45. The predicted octanol–water partition coefficient (Wildman–Crippen LogP) is 2.81. The van der Waals surface area contributed by atoms with Crippen LogP contribution in [-0.4, -0.2) is 18.0 Å². The van der Waals surface area contributed by atoms with Crippen LogP contribution in [0.2, 0.25) is 0 Å². The zero-order chi connectivity index (χ0) is 17.5. The van der Waals surface area contributed by atoms with Crippen molar-refractivity contribution in [3.63, 3.8) is 0 Å². The number of carbonyl (C=O) groups excluding carboxylic acids is 2. The van der Waals surface area contributed by atoms with E-state index < -0.39 is 18.0 Å². The van der Waals surface area contributed by atoms with Gasteiger partial charge in [0.1, 0.15) is 5.82 Å². The molecule has 0 aliphatic heterocycles. The minimum atomic E-state index is -0.997. The molecule has 0 aromatic heterocycles. The van der Waals surface area contributed by atoms with Crippen LogP contribution in [0.25, 0.3) is 0 Å². The lowest BCUT2D eigenvalue weighted by atomic mass is 10.1. The van der Waals surface area contributed by atoms with Gasteiger partial charge in [-0.05, 0) is 42.8 Å². The number of carbonyl (C=O) groups is 2. The molecule has 0 unspecified atom stereocenters. The molecule has 0 aliphatic rings. The van der Waals surface area contributed by atoms with E-state index in [1.54, 1.807) is 18.2 Å². The van der Waals surface area contributed by atoms with Crippen molar-refractivity contribution in [3.8, 4) is 6.07 Å². The molecular weight excluding hydrogens is 311 g/mol. The second-order valence-electron chi connectivity index (χ2n) is 5.12. The number of benzene rings is 2. The van der Waals surface area contributed by atoms with Crippen molar-refractivity contribution in [1.82, 2.24) is 0 Å². The molecule has 2 aromatic rings. The number of nitrogens with one attached hydrogen (secondary N) is 1. The molecule has 24 heavy (non-hydrogen) atoms. The van der Waals surface area contributed by atoms with Crippen molar-refractivity contribution in [2.75, 3.05) is 5.32 Å². The first-order valence-corrected chi connectivity index (χ1v) is 7.23. The number of nitriles is 1. The van der Waals surface area contributed by atoms with E-state index in [1.807, 2.05) is 6.07 Å². The highest BCUT2D eigenvalue weighted by molar-refractivity contribution is 5.95. The van der Waals surface area contributed by atoms with Gasteiger partial charge in [0.25, 0.3) is 5.91 Å². The molecule has 0 heterocycles. The average Bonchev–Trinajstić information content (AvgIpc) is 2.57. The summed E-state index contributed by atoms with van der Waals surface area (Å²) in [6.07, 6.45) is -1.05. The third kappa shape index (κ3) is 4.92. The molecule has 0 bridgehead atoms. The van der Waals surface area contributed by atoms with Gasteiger partial charge < -0.3 is 10.1 Å². The Morgan fingerprint density at radius 2 is 1.96 bits per heavy atom. The number of hydrogen-bond donors (Lipinski definition) is 1. The molecule has 5 nitrogen and oxygen atoms in total. The van der Waals surface area contributed by atoms with Crippen molar-refractivity contribution in [3.05, 3.63) is 65.5 Å². The van der Waals surface area contributed by atoms with E-state index in [2.05, 4.69) is 5.32 Å². The van der Waals surface area contributed by atoms with Crippen LogP contribution in [-0.2, 0) is 20.7 Å². The molecule has 0 radical (unpaired) electrons. The second-order valence-corrected chi connectivity index (χ2v) is 5.12. The average molecular weight is 326 g/mol. The van der Waals surface area contributed by atoms with Crippen molar-refractivity contribution < 1.29 is 18.7 Å². The Labute approximate surface area is 138 Å². The van der Waals surface area contributed by atoms with E-state index in [9.17, 15) is 14.0 Å². The van der Waals surface area contributed by atoms with Crippen LogP contribution in [0.5, 0.6) is 0 Å². The largest absolute Gasteiger partial charge is 0.452 e. The van der Waals surface area contributed by atoms with Gasteiger partial charge in [-0.25, -0.2) is 4.39 Å². The Bertz CT molecular complexity index is 782. The zero-order valence-corrected chi connectivity index (χ0v) is 13.0. The van der Waals surface area contributed by atoms with Gasteiger partial charge in [-0.1, -0.05) is 18.2 Å². The fourth-order valence-corrected chi connectivity index (χ4v) is 1.97. The van der Waals surface area contributed by atoms with E-state index >= 15 is 0 Å². The number of halogens is 1. The first-order valence-electron chi connectivity index (χ1n) is 7.23. The van der Waals surface area contributed by atoms with Gasteiger partial charge in [-0.3, -0.25) is 9.59 Å². The maximum absolute atomic E-state index is 12.8. The Morgan fingerprint density at radius 1 is 1.25 bits per heavy atom. The van der Waals surface area contributed by atoms with Gasteiger partial charge in [-0.2, -0.15) is 5.26 Å².